The largest absolute Gasteiger partial charge is 0.398 e. The first-order valence-corrected chi connectivity index (χ1v) is 7.36. The highest BCUT2D eigenvalue weighted by Crippen LogP contribution is 2.10. The van der Waals surface area contributed by atoms with Gasteiger partial charge in [0.25, 0.3) is 11.8 Å². The van der Waals surface area contributed by atoms with Crippen molar-refractivity contribution in [3.8, 4) is 0 Å². The number of nitrogen functional groups attached to an aromatic ring is 2. The molecular weight excluding hydrogens is 320 g/mol. The summed E-state index contributed by atoms with van der Waals surface area (Å²) in [5.41, 5.74) is 17.9. The van der Waals surface area contributed by atoms with E-state index in [1.807, 2.05) is 0 Å². The summed E-state index contributed by atoms with van der Waals surface area (Å²) < 4.78 is 0. The lowest BCUT2D eigenvalue weighted by atomic mass is 10.2. The molecule has 0 atom stereocenters. The number of hydrogen-bond donors (Lipinski definition) is 4. The SMILES string of the molecule is CC(/C=N/NC(=O)c1ccccc1N)=N\NC(=O)c1ccccc1N. The molecule has 0 aliphatic carbocycles. The number of benzene rings is 2. The van der Waals surface area contributed by atoms with Crippen molar-refractivity contribution in [1.29, 1.82) is 0 Å². The third-order valence-electron chi connectivity index (χ3n) is 3.16. The third-order valence-corrected chi connectivity index (χ3v) is 3.16. The fourth-order valence-electron chi connectivity index (χ4n) is 1.88. The molecule has 2 rings (SSSR count). The smallest absolute Gasteiger partial charge is 0.273 e. The lowest BCUT2D eigenvalue weighted by Gasteiger charge is -2.04. The van der Waals surface area contributed by atoms with E-state index in [0.717, 1.165) is 0 Å². The average molecular weight is 338 g/mol. The third kappa shape index (κ3) is 4.90. The molecule has 0 aliphatic rings. The van der Waals surface area contributed by atoms with Gasteiger partial charge in [-0.25, -0.2) is 10.9 Å². The second-order valence-electron chi connectivity index (χ2n) is 5.07. The van der Waals surface area contributed by atoms with Gasteiger partial charge in [-0.1, -0.05) is 24.3 Å². The lowest BCUT2D eigenvalue weighted by molar-refractivity contribution is 0.0947. The van der Waals surface area contributed by atoms with Crippen LogP contribution >= 0.6 is 0 Å². The molecule has 2 amide bonds. The van der Waals surface area contributed by atoms with Crippen LogP contribution in [0.2, 0.25) is 0 Å². The van der Waals surface area contributed by atoms with E-state index < -0.39 is 11.8 Å². The standard InChI is InChI=1S/C17H18N6O2/c1-11(21-23-17(25)13-7-3-5-9-15(13)19)10-20-22-16(24)12-6-2-4-8-14(12)18/h2-10H,18-19H2,1H3,(H,22,24)(H,23,25)/b20-10+,21-11+. The van der Waals surface area contributed by atoms with Gasteiger partial charge in [0.05, 0.1) is 23.1 Å². The number of rotatable bonds is 5. The van der Waals surface area contributed by atoms with Crippen LogP contribution in [0.5, 0.6) is 0 Å². The molecule has 0 fully saturated rings. The van der Waals surface area contributed by atoms with E-state index >= 15 is 0 Å². The van der Waals surface area contributed by atoms with Crippen LogP contribution in [0.4, 0.5) is 11.4 Å². The van der Waals surface area contributed by atoms with Gasteiger partial charge in [-0.15, -0.1) is 0 Å². The molecule has 0 saturated heterocycles. The predicted molar refractivity (Wildman–Crippen MR) is 98.2 cm³/mol. The number of nitrogens with zero attached hydrogens (tertiary/aromatic N) is 2. The number of nitrogens with two attached hydrogens (primary N) is 2. The topological polar surface area (TPSA) is 135 Å². The fraction of sp³-hybridized carbons (Fsp3) is 0.0588. The Labute approximate surface area is 144 Å². The summed E-state index contributed by atoms with van der Waals surface area (Å²) in [7, 11) is 0. The minimum atomic E-state index is -0.441. The molecule has 0 spiro atoms. The number of carbonyl (C=O) groups is 2. The number of hydrogen-bond acceptors (Lipinski definition) is 6. The van der Waals surface area contributed by atoms with Gasteiger partial charge >= 0.3 is 0 Å². The minimum Gasteiger partial charge on any atom is -0.398 e. The summed E-state index contributed by atoms with van der Waals surface area (Å²) >= 11 is 0. The van der Waals surface area contributed by atoms with E-state index in [9.17, 15) is 9.59 Å². The van der Waals surface area contributed by atoms with Gasteiger partial charge in [-0.2, -0.15) is 10.2 Å². The van der Waals surface area contributed by atoms with E-state index in [4.69, 9.17) is 11.5 Å². The predicted octanol–water partition coefficient (Wildman–Crippen LogP) is 1.37. The molecular formula is C17H18N6O2. The molecule has 0 aliphatic heterocycles. The van der Waals surface area contributed by atoms with E-state index in [0.29, 0.717) is 28.2 Å². The molecule has 0 radical (unpaired) electrons. The molecule has 8 heteroatoms. The van der Waals surface area contributed by atoms with Crippen molar-refractivity contribution in [2.75, 3.05) is 11.5 Å². The Morgan fingerprint density at radius 1 is 0.880 bits per heavy atom. The molecule has 6 N–H and O–H groups in total. The van der Waals surface area contributed by atoms with Crippen LogP contribution in [0.25, 0.3) is 0 Å². The van der Waals surface area contributed by atoms with Gasteiger partial charge in [0.1, 0.15) is 0 Å². The number of para-hydroxylation sites is 2. The molecule has 0 unspecified atom stereocenters. The summed E-state index contributed by atoms with van der Waals surface area (Å²) in [6.45, 7) is 1.61. The number of hydrazone groups is 2. The van der Waals surface area contributed by atoms with Gasteiger partial charge < -0.3 is 11.5 Å². The highest BCUT2D eigenvalue weighted by Gasteiger charge is 2.08. The first-order chi connectivity index (χ1) is 12.0. The Hall–Kier alpha value is -3.68. The van der Waals surface area contributed by atoms with Gasteiger partial charge in [0, 0.05) is 11.4 Å². The van der Waals surface area contributed by atoms with E-state index in [2.05, 4.69) is 21.1 Å². The maximum Gasteiger partial charge on any atom is 0.273 e. The first-order valence-electron chi connectivity index (χ1n) is 7.36. The molecule has 0 aromatic heterocycles. The van der Waals surface area contributed by atoms with Crippen LogP contribution < -0.4 is 22.3 Å². The first kappa shape index (κ1) is 17.7. The second kappa shape index (κ2) is 8.25. The number of anilines is 2. The quantitative estimate of drug-likeness (QED) is 0.372. The molecule has 2 aromatic carbocycles. The summed E-state index contributed by atoms with van der Waals surface area (Å²) in [6.07, 6.45) is 1.30. The van der Waals surface area contributed by atoms with Crippen LogP contribution in [0, 0.1) is 0 Å². The van der Waals surface area contributed by atoms with Crippen molar-refractivity contribution in [2.45, 2.75) is 6.92 Å². The molecule has 0 saturated carbocycles. The summed E-state index contributed by atoms with van der Waals surface area (Å²) in [5.74, 6) is -0.879. The molecule has 128 valence electrons. The lowest BCUT2D eigenvalue weighted by Crippen LogP contribution is -2.22. The Kier molecular flexibility index (Phi) is 5.83. The maximum absolute atomic E-state index is 11.9. The number of amides is 2. The van der Waals surface area contributed by atoms with Crippen molar-refractivity contribution >= 4 is 35.1 Å². The Bertz CT molecular complexity index is 845. The Balaban J connectivity index is 1.92. The normalized spacial score (nSPS) is 11.3. The Morgan fingerprint density at radius 2 is 1.36 bits per heavy atom. The van der Waals surface area contributed by atoms with Crippen molar-refractivity contribution in [2.24, 2.45) is 10.2 Å². The van der Waals surface area contributed by atoms with Crippen LogP contribution in [-0.2, 0) is 0 Å². The van der Waals surface area contributed by atoms with Crippen LogP contribution in [0.1, 0.15) is 27.6 Å². The van der Waals surface area contributed by atoms with Crippen LogP contribution in [0.3, 0.4) is 0 Å². The van der Waals surface area contributed by atoms with Crippen molar-refractivity contribution in [3.05, 3.63) is 59.7 Å². The van der Waals surface area contributed by atoms with E-state index in [-0.39, 0.29) is 0 Å². The highest BCUT2D eigenvalue weighted by atomic mass is 16.2. The zero-order chi connectivity index (χ0) is 18.2. The van der Waals surface area contributed by atoms with Crippen molar-refractivity contribution < 1.29 is 9.59 Å². The minimum absolute atomic E-state index is 0.321. The van der Waals surface area contributed by atoms with E-state index in [1.54, 1.807) is 55.5 Å². The monoisotopic (exact) mass is 338 g/mol. The van der Waals surface area contributed by atoms with Gasteiger partial charge in [-0.05, 0) is 31.2 Å². The maximum atomic E-state index is 11.9. The molecule has 2 aromatic rings. The number of nitrogens with one attached hydrogen (secondary N) is 2. The number of carbonyl (C=O) groups excluding carboxylic acids is 2. The Morgan fingerprint density at radius 3 is 1.88 bits per heavy atom. The molecule has 8 nitrogen and oxygen atoms in total. The zero-order valence-corrected chi connectivity index (χ0v) is 13.6. The average Bonchev–Trinajstić information content (AvgIpc) is 2.60. The molecule has 25 heavy (non-hydrogen) atoms. The van der Waals surface area contributed by atoms with Crippen LogP contribution in [-0.4, -0.2) is 23.7 Å². The molecule has 0 heterocycles. The van der Waals surface area contributed by atoms with Crippen molar-refractivity contribution in [1.82, 2.24) is 10.9 Å². The van der Waals surface area contributed by atoms with Crippen LogP contribution in [0.15, 0.2) is 58.7 Å². The summed E-state index contributed by atoms with van der Waals surface area (Å²) in [6, 6.07) is 13.3. The van der Waals surface area contributed by atoms with Crippen molar-refractivity contribution in [3.63, 3.8) is 0 Å². The second-order valence-corrected chi connectivity index (χ2v) is 5.07. The molecule has 0 bridgehead atoms. The van der Waals surface area contributed by atoms with Gasteiger partial charge in [0.2, 0.25) is 0 Å². The fourth-order valence-corrected chi connectivity index (χ4v) is 1.88. The van der Waals surface area contributed by atoms with Gasteiger partial charge in [-0.3, -0.25) is 9.59 Å². The van der Waals surface area contributed by atoms with Gasteiger partial charge in [0.15, 0.2) is 0 Å². The highest BCUT2D eigenvalue weighted by molar-refractivity contribution is 6.29. The summed E-state index contributed by atoms with van der Waals surface area (Å²) in [5, 5.41) is 7.64. The zero-order valence-electron chi connectivity index (χ0n) is 13.6. The summed E-state index contributed by atoms with van der Waals surface area (Å²) in [4.78, 5) is 23.9. The van der Waals surface area contributed by atoms with E-state index in [1.165, 1.54) is 6.21 Å².